The highest BCUT2D eigenvalue weighted by molar-refractivity contribution is 6.58. The molecule has 0 unspecified atom stereocenters. The Morgan fingerprint density at radius 1 is 1.38 bits per heavy atom. The summed E-state index contributed by atoms with van der Waals surface area (Å²) >= 11 is 0. The molecule has 2 N–H and O–H groups in total. The predicted molar refractivity (Wildman–Crippen MR) is 58.1 cm³/mol. The molecule has 82 valence electrons. The van der Waals surface area contributed by atoms with E-state index >= 15 is 0 Å². The van der Waals surface area contributed by atoms with Gasteiger partial charge in [0.05, 0.1) is 12.0 Å². The zero-order chi connectivity index (χ0) is 11.7. The maximum absolute atomic E-state index is 13.4. The summed E-state index contributed by atoms with van der Waals surface area (Å²) in [5, 5.41) is 17.7. The Hall–Kier alpha value is -1.66. The first-order valence-electron chi connectivity index (χ1n) is 4.74. The number of aryl methyl sites for hydroxylation is 1. The normalized spacial score (nSPS) is 10.5. The Labute approximate surface area is 92.1 Å². The molecule has 0 spiro atoms. The van der Waals surface area contributed by atoms with Crippen molar-refractivity contribution in [2.75, 3.05) is 0 Å². The molecule has 0 fully saturated rings. The predicted octanol–water partition coefficient (Wildman–Crippen LogP) is -0.000380. The fourth-order valence-corrected chi connectivity index (χ4v) is 1.45. The Balaban J connectivity index is 2.42. The van der Waals surface area contributed by atoms with Gasteiger partial charge in [-0.15, -0.1) is 0 Å². The van der Waals surface area contributed by atoms with Crippen molar-refractivity contribution in [2.45, 2.75) is 6.92 Å². The maximum Gasteiger partial charge on any atom is 0.491 e. The third-order valence-corrected chi connectivity index (χ3v) is 2.27. The third kappa shape index (κ3) is 1.98. The van der Waals surface area contributed by atoms with Crippen LogP contribution in [0.3, 0.4) is 0 Å². The lowest BCUT2D eigenvalue weighted by Crippen LogP contribution is -2.32. The van der Waals surface area contributed by atoms with Crippen LogP contribution in [-0.2, 0) is 0 Å². The van der Waals surface area contributed by atoms with Gasteiger partial charge in [-0.25, -0.2) is 9.37 Å². The van der Waals surface area contributed by atoms with E-state index in [1.54, 1.807) is 23.2 Å². The van der Waals surface area contributed by atoms with Crippen molar-refractivity contribution in [2.24, 2.45) is 0 Å². The van der Waals surface area contributed by atoms with Crippen LogP contribution in [0.15, 0.2) is 30.7 Å². The summed E-state index contributed by atoms with van der Waals surface area (Å²) in [7, 11) is -1.79. The van der Waals surface area contributed by atoms with Crippen LogP contribution in [0.4, 0.5) is 4.39 Å². The van der Waals surface area contributed by atoms with Crippen LogP contribution in [0.25, 0.3) is 5.69 Å². The fraction of sp³-hybridized carbons (Fsp3) is 0.100. The van der Waals surface area contributed by atoms with Gasteiger partial charge in [-0.05, 0) is 19.1 Å². The Morgan fingerprint density at radius 2 is 2.12 bits per heavy atom. The average molecular weight is 220 g/mol. The van der Waals surface area contributed by atoms with Gasteiger partial charge in [-0.2, -0.15) is 0 Å². The van der Waals surface area contributed by atoms with Gasteiger partial charge in [0.15, 0.2) is 0 Å². The van der Waals surface area contributed by atoms with Crippen LogP contribution in [0, 0.1) is 12.7 Å². The quantitative estimate of drug-likeness (QED) is 0.700. The van der Waals surface area contributed by atoms with Gasteiger partial charge in [-0.1, -0.05) is 6.07 Å². The van der Waals surface area contributed by atoms with E-state index in [4.69, 9.17) is 10.0 Å². The first kappa shape index (κ1) is 10.8. The molecule has 0 saturated carbocycles. The lowest BCUT2D eigenvalue weighted by atomic mass is 9.80. The number of hydrogen-bond donors (Lipinski definition) is 2. The summed E-state index contributed by atoms with van der Waals surface area (Å²) in [6, 6.07) is 4.17. The van der Waals surface area contributed by atoms with E-state index in [2.05, 4.69) is 4.98 Å². The molecule has 1 aromatic carbocycles. The maximum atomic E-state index is 13.4. The summed E-state index contributed by atoms with van der Waals surface area (Å²) in [6.07, 6.45) is 3.32. The van der Waals surface area contributed by atoms with Gasteiger partial charge in [0.2, 0.25) is 0 Å². The molecule has 0 aliphatic carbocycles. The van der Waals surface area contributed by atoms with Crippen LogP contribution in [0.5, 0.6) is 0 Å². The SMILES string of the molecule is Cc1cn(-c2ccc(B(O)O)c(F)c2)cn1. The minimum absolute atomic E-state index is 0.138. The first-order chi connectivity index (χ1) is 7.58. The van der Waals surface area contributed by atoms with Crippen molar-refractivity contribution >= 4 is 12.6 Å². The van der Waals surface area contributed by atoms with E-state index in [1.165, 1.54) is 12.1 Å². The molecule has 0 atom stereocenters. The minimum Gasteiger partial charge on any atom is -0.423 e. The highest BCUT2D eigenvalue weighted by Gasteiger charge is 2.16. The lowest BCUT2D eigenvalue weighted by Gasteiger charge is -2.05. The van der Waals surface area contributed by atoms with Crippen LogP contribution in [0.1, 0.15) is 5.69 Å². The molecular weight excluding hydrogens is 210 g/mol. The number of hydrogen-bond acceptors (Lipinski definition) is 3. The molecular formula is C10H10BFN2O2. The number of nitrogens with zero attached hydrogens (tertiary/aromatic N) is 2. The van der Waals surface area contributed by atoms with Crippen LogP contribution < -0.4 is 5.46 Å². The zero-order valence-electron chi connectivity index (χ0n) is 8.63. The number of rotatable bonds is 2. The topological polar surface area (TPSA) is 58.3 Å². The van der Waals surface area contributed by atoms with Crippen molar-refractivity contribution in [1.82, 2.24) is 9.55 Å². The number of halogens is 1. The van der Waals surface area contributed by atoms with Crippen molar-refractivity contribution in [3.05, 3.63) is 42.2 Å². The second-order valence-electron chi connectivity index (χ2n) is 3.50. The van der Waals surface area contributed by atoms with Gasteiger partial charge in [0.25, 0.3) is 0 Å². The van der Waals surface area contributed by atoms with Gasteiger partial charge in [0.1, 0.15) is 5.82 Å². The molecule has 0 saturated heterocycles. The van der Waals surface area contributed by atoms with Gasteiger partial charge in [0, 0.05) is 17.3 Å². The van der Waals surface area contributed by atoms with Crippen molar-refractivity contribution < 1.29 is 14.4 Å². The highest BCUT2D eigenvalue weighted by Crippen LogP contribution is 2.09. The van der Waals surface area contributed by atoms with E-state index in [0.717, 1.165) is 5.69 Å². The van der Waals surface area contributed by atoms with Gasteiger partial charge < -0.3 is 14.6 Å². The summed E-state index contributed by atoms with van der Waals surface area (Å²) in [6.45, 7) is 1.83. The van der Waals surface area contributed by atoms with E-state index < -0.39 is 12.9 Å². The summed E-state index contributed by atoms with van der Waals surface area (Å²) in [4.78, 5) is 4.02. The number of benzene rings is 1. The van der Waals surface area contributed by atoms with E-state index in [-0.39, 0.29) is 5.46 Å². The van der Waals surface area contributed by atoms with Crippen molar-refractivity contribution in [3.63, 3.8) is 0 Å². The number of imidazole rings is 1. The second-order valence-corrected chi connectivity index (χ2v) is 3.50. The molecule has 0 amide bonds. The molecule has 0 radical (unpaired) electrons. The van der Waals surface area contributed by atoms with Crippen molar-refractivity contribution in [1.29, 1.82) is 0 Å². The third-order valence-electron chi connectivity index (χ3n) is 2.27. The van der Waals surface area contributed by atoms with Gasteiger partial charge in [-0.3, -0.25) is 0 Å². The minimum atomic E-state index is -1.79. The van der Waals surface area contributed by atoms with E-state index in [9.17, 15) is 4.39 Å². The summed E-state index contributed by atoms with van der Waals surface area (Å²) in [5.41, 5.74) is 1.27. The van der Waals surface area contributed by atoms with Crippen LogP contribution in [0.2, 0.25) is 0 Å². The van der Waals surface area contributed by atoms with Gasteiger partial charge >= 0.3 is 7.12 Å². The molecule has 4 nitrogen and oxygen atoms in total. The number of aromatic nitrogens is 2. The van der Waals surface area contributed by atoms with Crippen LogP contribution in [-0.4, -0.2) is 26.7 Å². The molecule has 0 bridgehead atoms. The molecule has 0 aliphatic rings. The monoisotopic (exact) mass is 220 g/mol. The molecule has 1 aromatic heterocycles. The largest absolute Gasteiger partial charge is 0.491 e. The van der Waals surface area contributed by atoms with E-state index in [1.807, 2.05) is 6.92 Å². The summed E-state index contributed by atoms with van der Waals surface area (Å²) in [5.74, 6) is -0.654. The Bertz CT molecular complexity index is 513. The fourth-order valence-electron chi connectivity index (χ4n) is 1.45. The van der Waals surface area contributed by atoms with Crippen molar-refractivity contribution in [3.8, 4) is 5.69 Å². The molecule has 0 aliphatic heterocycles. The Kier molecular flexibility index (Phi) is 2.76. The van der Waals surface area contributed by atoms with Crippen LogP contribution >= 0.6 is 0 Å². The summed E-state index contributed by atoms with van der Waals surface area (Å²) < 4.78 is 15.1. The highest BCUT2D eigenvalue weighted by atomic mass is 19.1. The standard InChI is InChI=1S/C10H10BFN2O2/c1-7-5-14(6-13-7)8-2-3-9(11(15)16)10(12)4-8/h2-6,15-16H,1H3. The van der Waals surface area contributed by atoms with E-state index in [0.29, 0.717) is 5.69 Å². The molecule has 2 aromatic rings. The average Bonchev–Trinajstić information content (AvgIpc) is 2.64. The molecule has 16 heavy (non-hydrogen) atoms. The lowest BCUT2D eigenvalue weighted by molar-refractivity contribution is 0.423. The molecule has 2 rings (SSSR count). The second kappa shape index (κ2) is 4.07. The molecule has 1 heterocycles. The zero-order valence-corrected chi connectivity index (χ0v) is 8.63. The Morgan fingerprint density at radius 3 is 2.62 bits per heavy atom. The first-order valence-corrected chi connectivity index (χ1v) is 4.74. The smallest absolute Gasteiger partial charge is 0.423 e. The molecule has 6 heteroatoms.